The SMILES string of the molecule is Cc1ccc(C(=O)NN=Cc2cc(N=Nc3ccccc3Cl)ccc2O)cn1. The van der Waals surface area contributed by atoms with Crippen molar-refractivity contribution in [2.45, 2.75) is 6.92 Å². The Balaban J connectivity index is 1.71. The van der Waals surface area contributed by atoms with Gasteiger partial charge in [-0.3, -0.25) is 9.78 Å². The molecule has 1 aromatic heterocycles. The number of hydrogen-bond donors (Lipinski definition) is 2. The van der Waals surface area contributed by atoms with E-state index in [9.17, 15) is 9.90 Å². The minimum atomic E-state index is -0.405. The lowest BCUT2D eigenvalue weighted by molar-refractivity contribution is 0.0954. The number of aromatic nitrogens is 1. The highest BCUT2D eigenvalue weighted by Crippen LogP contribution is 2.27. The average molecular weight is 394 g/mol. The van der Waals surface area contributed by atoms with Crippen molar-refractivity contribution in [3.8, 4) is 5.75 Å². The van der Waals surface area contributed by atoms with Crippen molar-refractivity contribution in [1.82, 2.24) is 10.4 Å². The lowest BCUT2D eigenvalue weighted by Crippen LogP contribution is -2.17. The van der Waals surface area contributed by atoms with Gasteiger partial charge in [-0.1, -0.05) is 23.7 Å². The summed E-state index contributed by atoms with van der Waals surface area (Å²) >= 11 is 6.04. The van der Waals surface area contributed by atoms with Crippen molar-refractivity contribution in [1.29, 1.82) is 0 Å². The first-order valence-electron chi connectivity index (χ1n) is 8.28. The number of amides is 1. The number of halogens is 1. The smallest absolute Gasteiger partial charge is 0.272 e. The normalized spacial score (nSPS) is 11.2. The Morgan fingerprint density at radius 3 is 2.71 bits per heavy atom. The van der Waals surface area contributed by atoms with Crippen molar-refractivity contribution < 1.29 is 9.90 Å². The van der Waals surface area contributed by atoms with Crippen LogP contribution in [0.25, 0.3) is 0 Å². The molecular weight excluding hydrogens is 378 g/mol. The Hall–Kier alpha value is -3.58. The zero-order valence-electron chi connectivity index (χ0n) is 14.9. The molecule has 0 aliphatic heterocycles. The molecule has 28 heavy (non-hydrogen) atoms. The minimum absolute atomic E-state index is 0.00769. The summed E-state index contributed by atoms with van der Waals surface area (Å²) in [6, 6.07) is 15.1. The molecule has 0 saturated heterocycles. The van der Waals surface area contributed by atoms with Crippen LogP contribution < -0.4 is 5.43 Å². The van der Waals surface area contributed by atoms with E-state index >= 15 is 0 Å². The van der Waals surface area contributed by atoms with Crippen LogP contribution in [-0.4, -0.2) is 22.2 Å². The van der Waals surface area contributed by atoms with Crippen LogP contribution in [0.2, 0.25) is 5.02 Å². The number of nitrogens with one attached hydrogen (secondary N) is 1. The molecule has 7 nitrogen and oxygen atoms in total. The first-order valence-corrected chi connectivity index (χ1v) is 8.66. The number of aryl methyl sites for hydroxylation is 1. The van der Waals surface area contributed by atoms with Crippen molar-refractivity contribution in [3.63, 3.8) is 0 Å². The number of carbonyl (C=O) groups is 1. The monoisotopic (exact) mass is 393 g/mol. The van der Waals surface area contributed by atoms with Crippen molar-refractivity contribution in [3.05, 3.63) is 82.6 Å². The average Bonchev–Trinajstić information content (AvgIpc) is 2.70. The van der Waals surface area contributed by atoms with Gasteiger partial charge in [0.1, 0.15) is 11.4 Å². The lowest BCUT2D eigenvalue weighted by atomic mass is 10.2. The summed E-state index contributed by atoms with van der Waals surface area (Å²) in [5.41, 5.74) is 4.98. The maximum absolute atomic E-state index is 12.0. The maximum Gasteiger partial charge on any atom is 0.272 e. The standard InChI is InChI=1S/C20H16ClN5O2/c1-13-6-7-14(11-22-13)20(28)26-23-12-15-10-16(8-9-19(15)27)24-25-18-5-3-2-4-17(18)21/h2-12,27H,1H3,(H,26,28). The summed E-state index contributed by atoms with van der Waals surface area (Å²) in [4.78, 5) is 16.1. The Morgan fingerprint density at radius 1 is 1.14 bits per heavy atom. The molecular formula is C20H16ClN5O2. The predicted octanol–water partition coefficient (Wildman–Crippen LogP) is 4.93. The van der Waals surface area contributed by atoms with E-state index in [1.165, 1.54) is 18.5 Å². The third kappa shape index (κ3) is 4.99. The number of pyridine rings is 1. The summed E-state index contributed by atoms with van der Waals surface area (Å²) in [7, 11) is 0. The largest absolute Gasteiger partial charge is 0.507 e. The van der Waals surface area contributed by atoms with E-state index in [-0.39, 0.29) is 5.75 Å². The second-order valence-corrected chi connectivity index (χ2v) is 6.19. The van der Waals surface area contributed by atoms with E-state index < -0.39 is 5.91 Å². The van der Waals surface area contributed by atoms with Crippen LogP contribution in [-0.2, 0) is 0 Å². The van der Waals surface area contributed by atoms with Crippen LogP contribution in [0.3, 0.4) is 0 Å². The molecule has 0 atom stereocenters. The van der Waals surface area contributed by atoms with Crippen LogP contribution >= 0.6 is 11.6 Å². The summed E-state index contributed by atoms with van der Waals surface area (Å²) in [6.07, 6.45) is 2.79. The molecule has 0 radical (unpaired) electrons. The van der Waals surface area contributed by atoms with Crippen LogP contribution in [0.1, 0.15) is 21.6 Å². The summed E-state index contributed by atoms with van der Waals surface area (Å²) in [5, 5.41) is 22.5. The van der Waals surface area contributed by atoms with Crippen LogP contribution in [0.5, 0.6) is 5.75 Å². The van der Waals surface area contributed by atoms with Gasteiger partial charge in [-0.05, 0) is 49.4 Å². The van der Waals surface area contributed by atoms with Gasteiger partial charge < -0.3 is 5.11 Å². The molecule has 0 saturated carbocycles. The maximum atomic E-state index is 12.0. The summed E-state index contributed by atoms with van der Waals surface area (Å²) < 4.78 is 0. The second-order valence-electron chi connectivity index (χ2n) is 5.78. The van der Waals surface area contributed by atoms with E-state index in [1.54, 1.807) is 48.5 Å². The third-order valence-corrected chi connectivity index (χ3v) is 4.00. The molecule has 3 aromatic rings. The quantitative estimate of drug-likeness (QED) is 0.365. The molecule has 0 aliphatic carbocycles. The number of aromatic hydroxyl groups is 1. The predicted molar refractivity (Wildman–Crippen MR) is 108 cm³/mol. The topological polar surface area (TPSA) is 99.3 Å². The fourth-order valence-corrected chi connectivity index (χ4v) is 2.35. The molecule has 2 aromatic carbocycles. The Labute approximate surface area is 166 Å². The van der Waals surface area contributed by atoms with Crippen molar-refractivity contribution >= 4 is 35.1 Å². The molecule has 0 aliphatic rings. The minimum Gasteiger partial charge on any atom is -0.507 e. The number of phenolic OH excluding ortho intramolecular Hbond substituents is 1. The highest BCUT2D eigenvalue weighted by atomic mass is 35.5. The molecule has 0 unspecified atom stereocenters. The zero-order valence-corrected chi connectivity index (χ0v) is 15.6. The summed E-state index contributed by atoms with van der Waals surface area (Å²) in [6.45, 7) is 1.83. The van der Waals surface area contributed by atoms with Gasteiger partial charge in [-0.25, -0.2) is 5.43 Å². The van der Waals surface area contributed by atoms with E-state index in [1.807, 2.05) is 6.92 Å². The number of phenols is 1. The van der Waals surface area contributed by atoms with E-state index in [0.29, 0.717) is 27.5 Å². The first kappa shape index (κ1) is 19.2. The van der Waals surface area contributed by atoms with Gasteiger partial charge in [0, 0.05) is 17.5 Å². The highest BCUT2D eigenvalue weighted by molar-refractivity contribution is 6.32. The zero-order chi connectivity index (χ0) is 19.9. The number of nitrogens with zero attached hydrogens (tertiary/aromatic N) is 4. The number of hydrogen-bond acceptors (Lipinski definition) is 6. The second kappa shape index (κ2) is 8.88. The molecule has 0 fully saturated rings. The van der Waals surface area contributed by atoms with Gasteiger partial charge in [0.25, 0.3) is 5.91 Å². The van der Waals surface area contributed by atoms with Crippen LogP contribution in [0.4, 0.5) is 11.4 Å². The Bertz CT molecular complexity index is 1050. The van der Waals surface area contributed by atoms with Gasteiger partial charge in [0.2, 0.25) is 0 Å². The molecule has 140 valence electrons. The third-order valence-electron chi connectivity index (χ3n) is 3.68. The number of benzene rings is 2. The molecule has 2 N–H and O–H groups in total. The van der Waals surface area contributed by atoms with Gasteiger partial charge in [0.15, 0.2) is 0 Å². The van der Waals surface area contributed by atoms with E-state index in [0.717, 1.165) is 5.69 Å². The Morgan fingerprint density at radius 2 is 1.96 bits per heavy atom. The fraction of sp³-hybridized carbons (Fsp3) is 0.0500. The van der Waals surface area contributed by atoms with Gasteiger partial charge in [-0.2, -0.15) is 10.2 Å². The number of rotatable bonds is 5. The van der Waals surface area contributed by atoms with Crippen molar-refractivity contribution in [2.75, 3.05) is 0 Å². The van der Waals surface area contributed by atoms with Gasteiger partial charge >= 0.3 is 0 Å². The Kier molecular flexibility index (Phi) is 6.08. The van der Waals surface area contributed by atoms with Crippen LogP contribution in [0.15, 0.2) is 76.1 Å². The number of carbonyl (C=O) groups excluding carboxylic acids is 1. The molecule has 0 spiro atoms. The van der Waals surface area contributed by atoms with Gasteiger partial charge in [-0.15, -0.1) is 5.11 Å². The number of azo groups is 1. The fourth-order valence-electron chi connectivity index (χ4n) is 2.18. The molecule has 0 bridgehead atoms. The lowest BCUT2D eigenvalue weighted by Gasteiger charge is -2.02. The van der Waals surface area contributed by atoms with E-state index in [2.05, 4.69) is 25.7 Å². The van der Waals surface area contributed by atoms with E-state index in [4.69, 9.17) is 11.6 Å². The molecule has 1 amide bonds. The molecule has 1 heterocycles. The van der Waals surface area contributed by atoms with Crippen LogP contribution in [0, 0.1) is 6.92 Å². The van der Waals surface area contributed by atoms with Crippen molar-refractivity contribution in [2.24, 2.45) is 15.3 Å². The molecule has 3 rings (SSSR count). The van der Waals surface area contributed by atoms with Gasteiger partial charge in [0.05, 0.1) is 22.5 Å². The molecule has 8 heteroatoms. The highest BCUT2D eigenvalue weighted by Gasteiger charge is 2.05. The first-order chi connectivity index (χ1) is 13.5. The summed E-state index contributed by atoms with van der Waals surface area (Å²) in [5.74, 6) is -0.413. The number of hydrazone groups is 1.